The monoisotopic (exact) mass is 491 g/mol. The van der Waals surface area contributed by atoms with Gasteiger partial charge in [0.05, 0.1) is 4.90 Å². The molecule has 35 heavy (non-hydrogen) atoms. The minimum absolute atomic E-state index is 0.000708. The van der Waals surface area contributed by atoms with Crippen molar-refractivity contribution in [2.45, 2.75) is 31.3 Å². The second-order valence-electron chi connectivity index (χ2n) is 8.14. The van der Waals surface area contributed by atoms with E-state index in [2.05, 4.69) is 25.2 Å². The molecule has 0 radical (unpaired) electrons. The van der Waals surface area contributed by atoms with Crippen molar-refractivity contribution in [2.75, 3.05) is 10.0 Å². The lowest BCUT2D eigenvalue weighted by Gasteiger charge is -2.08. The Morgan fingerprint density at radius 2 is 1.89 bits per heavy atom. The summed E-state index contributed by atoms with van der Waals surface area (Å²) >= 11 is 0. The molecule has 3 heterocycles. The normalized spacial score (nSPS) is 14.7. The Bertz CT molecular complexity index is 1520. The van der Waals surface area contributed by atoms with Crippen molar-refractivity contribution in [3.63, 3.8) is 0 Å². The Balaban J connectivity index is 1.26. The number of amides is 1. The van der Waals surface area contributed by atoms with Gasteiger partial charge in [0.15, 0.2) is 11.5 Å². The van der Waals surface area contributed by atoms with Crippen LogP contribution in [0, 0.1) is 6.92 Å². The highest BCUT2D eigenvalue weighted by Crippen LogP contribution is 2.33. The molecule has 1 aliphatic heterocycles. The van der Waals surface area contributed by atoms with Crippen LogP contribution in [0.5, 0.6) is 5.75 Å². The fourth-order valence-corrected chi connectivity index (χ4v) is 4.63. The lowest BCUT2D eigenvalue weighted by molar-refractivity contribution is 0.101. The number of fused-ring (bicyclic) bond motifs is 1. The van der Waals surface area contributed by atoms with Crippen molar-refractivity contribution in [2.24, 2.45) is 0 Å². The molecule has 11 heteroatoms. The van der Waals surface area contributed by atoms with Gasteiger partial charge in [0.2, 0.25) is 5.95 Å². The molecule has 1 unspecified atom stereocenters. The van der Waals surface area contributed by atoms with Gasteiger partial charge in [-0.1, -0.05) is 5.16 Å². The summed E-state index contributed by atoms with van der Waals surface area (Å²) in [5.41, 5.74) is 3.00. The molecule has 4 aromatic rings. The predicted molar refractivity (Wildman–Crippen MR) is 128 cm³/mol. The van der Waals surface area contributed by atoms with Crippen LogP contribution in [0.2, 0.25) is 0 Å². The molecule has 178 valence electrons. The van der Waals surface area contributed by atoms with Crippen molar-refractivity contribution >= 4 is 27.6 Å². The average Bonchev–Trinajstić information content (AvgIpc) is 3.45. The van der Waals surface area contributed by atoms with Crippen molar-refractivity contribution in [1.29, 1.82) is 0 Å². The molecule has 1 atom stereocenters. The van der Waals surface area contributed by atoms with Crippen LogP contribution in [0.15, 0.2) is 70.2 Å². The van der Waals surface area contributed by atoms with E-state index in [-0.39, 0.29) is 22.6 Å². The second kappa shape index (κ2) is 8.84. The van der Waals surface area contributed by atoms with Crippen LogP contribution in [0.4, 0.5) is 11.6 Å². The number of anilines is 2. The van der Waals surface area contributed by atoms with Crippen LogP contribution >= 0.6 is 0 Å². The van der Waals surface area contributed by atoms with Crippen LogP contribution in [0.25, 0.3) is 11.3 Å². The first-order chi connectivity index (χ1) is 16.8. The number of benzene rings is 2. The van der Waals surface area contributed by atoms with Crippen LogP contribution in [-0.2, 0) is 16.4 Å². The summed E-state index contributed by atoms with van der Waals surface area (Å²) in [6, 6.07) is 14.6. The van der Waals surface area contributed by atoms with E-state index >= 15 is 0 Å². The summed E-state index contributed by atoms with van der Waals surface area (Å²) in [7, 11) is -3.89. The van der Waals surface area contributed by atoms with E-state index in [9.17, 15) is 13.2 Å². The molecule has 10 nitrogen and oxygen atoms in total. The number of ether oxygens (including phenoxy) is 1. The zero-order valence-electron chi connectivity index (χ0n) is 18.8. The van der Waals surface area contributed by atoms with E-state index in [0.29, 0.717) is 17.1 Å². The highest BCUT2D eigenvalue weighted by molar-refractivity contribution is 7.92. The van der Waals surface area contributed by atoms with Gasteiger partial charge >= 0.3 is 0 Å². The molecule has 5 rings (SSSR count). The zero-order chi connectivity index (χ0) is 24.6. The Hall–Kier alpha value is -4.25. The van der Waals surface area contributed by atoms with Crippen molar-refractivity contribution in [1.82, 2.24) is 15.1 Å². The molecule has 1 aliphatic rings. The van der Waals surface area contributed by atoms with E-state index in [1.807, 2.05) is 25.1 Å². The van der Waals surface area contributed by atoms with Gasteiger partial charge in [-0.05, 0) is 67.9 Å². The molecular weight excluding hydrogens is 470 g/mol. The summed E-state index contributed by atoms with van der Waals surface area (Å²) in [4.78, 5) is 20.6. The van der Waals surface area contributed by atoms with Crippen LogP contribution in [-0.4, -0.2) is 35.6 Å². The summed E-state index contributed by atoms with van der Waals surface area (Å²) in [5, 5.41) is 6.55. The van der Waals surface area contributed by atoms with Gasteiger partial charge < -0.3 is 14.6 Å². The van der Waals surface area contributed by atoms with E-state index in [0.717, 1.165) is 23.3 Å². The number of rotatable bonds is 6. The molecule has 1 amide bonds. The third-order valence-corrected chi connectivity index (χ3v) is 6.71. The fraction of sp³-hybridized carbons (Fsp3) is 0.167. The Labute approximate surface area is 201 Å². The topological polar surface area (TPSA) is 136 Å². The first kappa shape index (κ1) is 22.5. The maximum absolute atomic E-state index is 12.6. The molecule has 0 saturated heterocycles. The number of carbonyl (C=O) groups excluding carboxylic acids is 1. The first-order valence-electron chi connectivity index (χ1n) is 10.8. The highest BCUT2D eigenvalue weighted by Gasteiger charge is 2.21. The molecule has 0 spiro atoms. The third kappa shape index (κ3) is 4.85. The Kier molecular flexibility index (Phi) is 5.69. The zero-order valence-corrected chi connectivity index (χ0v) is 19.7. The number of aromatic nitrogens is 3. The van der Waals surface area contributed by atoms with Crippen molar-refractivity contribution in [3.05, 3.63) is 77.7 Å². The maximum Gasteiger partial charge on any atom is 0.277 e. The van der Waals surface area contributed by atoms with Crippen LogP contribution in [0.1, 0.15) is 28.7 Å². The number of carbonyl (C=O) groups is 1. The molecule has 2 aromatic heterocycles. The van der Waals surface area contributed by atoms with Crippen LogP contribution in [0.3, 0.4) is 0 Å². The minimum Gasteiger partial charge on any atom is -0.490 e. The third-order valence-electron chi connectivity index (χ3n) is 5.37. The van der Waals surface area contributed by atoms with Gasteiger partial charge in [0, 0.05) is 35.6 Å². The van der Waals surface area contributed by atoms with Gasteiger partial charge in [-0.25, -0.2) is 23.1 Å². The number of aryl methyl sites for hydroxylation is 1. The van der Waals surface area contributed by atoms with E-state index in [4.69, 9.17) is 9.26 Å². The highest BCUT2D eigenvalue weighted by atomic mass is 32.2. The van der Waals surface area contributed by atoms with E-state index < -0.39 is 15.9 Å². The molecule has 0 bridgehead atoms. The SMILES string of the molecule is Cc1ccnc(NS(=O)(=O)c2ccc(NC(=O)c3cc(-c4ccc5c(c4)CC(C)O5)on3)cc2)n1. The summed E-state index contributed by atoms with van der Waals surface area (Å²) < 4.78 is 38.6. The van der Waals surface area contributed by atoms with Gasteiger partial charge in [0.1, 0.15) is 11.9 Å². The largest absolute Gasteiger partial charge is 0.490 e. The number of nitrogens with one attached hydrogen (secondary N) is 2. The molecule has 2 aromatic carbocycles. The summed E-state index contributed by atoms with van der Waals surface area (Å²) in [6.07, 6.45) is 2.40. The lowest BCUT2D eigenvalue weighted by Crippen LogP contribution is -2.16. The molecule has 0 saturated carbocycles. The first-order valence-corrected chi connectivity index (χ1v) is 12.3. The van der Waals surface area contributed by atoms with Crippen molar-refractivity contribution in [3.8, 4) is 17.1 Å². The molecule has 2 N–H and O–H groups in total. The van der Waals surface area contributed by atoms with Gasteiger partial charge in [-0.2, -0.15) is 0 Å². The van der Waals surface area contributed by atoms with Gasteiger partial charge in [-0.3, -0.25) is 4.79 Å². The number of nitrogens with zero attached hydrogens (tertiary/aromatic N) is 3. The number of hydrogen-bond acceptors (Lipinski definition) is 8. The Morgan fingerprint density at radius 1 is 1.09 bits per heavy atom. The minimum atomic E-state index is -3.89. The predicted octanol–water partition coefficient (Wildman–Crippen LogP) is 3.82. The molecule has 0 fully saturated rings. The van der Waals surface area contributed by atoms with Crippen LogP contribution < -0.4 is 14.8 Å². The average molecular weight is 492 g/mol. The fourth-order valence-electron chi connectivity index (χ4n) is 3.68. The smallest absolute Gasteiger partial charge is 0.277 e. The number of hydrogen-bond donors (Lipinski definition) is 2. The van der Waals surface area contributed by atoms with E-state index in [1.54, 1.807) is 19.1 Å². The maximum atomic E-state index is 12.6. The summed E-state index contributed by atoms with van der Waals surface area (Å²) in [5.74, 6) is 0.809. The molecular formula is C24H21N5O5S. The van der Waals surface area contributed by atoms with Gasteiger partial charge in [0.25, 0.3) is 15.9 Å². The number of sulfonamides is 1. The quantitative estimate of drug-likeness (QED) is 0.415. The van der Waals surface area contributed by atoms with E-state index in [1.165, 1.54) is 30.5 Å². The van der Waals surface area contributed by atoms with Gasteiger partial charge in [-0.15, -0.1) is 0 Å². The second-order valence-corrected chi connectivity index (χ2v) is 9.82. The Morgan fingerprint density at radius 3 is 2.66 bits per heavy atom. The standard InChI is InChI=1S/C24H21N5O5S/c1-14-9-10-25-24(26-14)29-35(31,32)19-6-4-18(5-7-19)27-23(30)20-13-22(34-28-20)16-3-8-21-17(12-16)11-15(2)33-21/h3-10,12-13,15H,11H2,1-2H3,(H,27,30)(H,25,26,29). The molecule has 0 aliphatic carbocycles. The summed E-state index contributed by atoms with van der Waals surface area (Å²) in [6.45, 7) is 3.74. The lowest BCUT2D eigenvalue weighted by atomic mass is 10.1. The van der Waals surface area contributed by atoms with Crippen molar-refractivity contribution < 1.29 is 22.5 Å².